The molecule has 0 radical (unpaired) electrons. The summed E-state index contributed by atoms with van der Waals surface area (Å²) >= 11 is 6.10. The van der Waals surface area contributed by atoms with Crippen LogP contribution in [0.15, 0.2) is 54.6 Å². The van der Waals surface area contributed by atoms with Crippen LogP contribution in [0.25, 0.3) is 0 Å². The van der Waals surface area contributed by atoms with E-state index in [4.69, 9.17) is 11.6 Å². The van der Waals surface area contributed by atoms with E-state index in [2.05, 4.69) is 44.7 Å². The Morgan fingerprint density at radius 2 is 1.92 bits per heavy atom. The van der Waals surface area contributed by atoms with E-state index in [1.54, 1.807) is 24.3 Å². The molecule has 1 amide bonds. The lowest BCUT2D eigenvalue weighted by atomic mass is 10.1. The quantitative estimate of drug-likeness (QED) is 0.736. The van der Waals surface area contributed by atoms with E-state index < -0.39 is 0 Å². The number of nitrogens with zero attached hydrogens (tertiary/aromatic N) is 2. The summed E-state index contributed by atoms with van der Waals surface area (Å²) in [5, 5.41) is 10.7. The van der Waals surface area contributed by atoms with Crippen LogP contribution in [0.3, 0.4) is 0 Å². The number of benzene rings is 2. The highest BCUT2D eigenvalue weighted by molar-refractivity contribution is 6.34. The monoisotopic (exact) mass is 366 g/mol. The third-order valence-corrected chi connectivity index (χ3v) is 4.94. The van der Waals surface area contributed by atoms with Gasteiger partial charge in [-0.25, -0.2) is 0 Å². The van der Waals surface area contributed by atoms with Gasteiger partial charge in [0.2, 0.25) is 0 Å². The van der Waals surface area contributed by atoms with Gasteiger partial charge in [-0.05, 0) is 24.1 Å². The first-order valence-electron chi connectivity index (χ1n) is 8.59. The van der Waals surface area contributed by atoms with Crippen molar-refractivity contribution in [1.82, 2.24) is 15.1 Å². The van der Waals surface area contributed by atoms with E-state index in [-0.39, 0.29) is 5.91 Å². The number of H-pyrrole nitrogens is 1. The lowest BCUT2D eigenvalue weighted by Crippen LogP contribution is -2.30. The summed E-state index contributed by atoms with van der Waals surface area (Å²) in [6, 6.07) is 17.4. The molecule has 0 fully saturated rings. The van der Waals surface area contributed by atoms with Crippen molar-refractivity contribution in [2.75, 3.05) is 11.9 Å². The summed E-state index contributed by atoms with van der Waals surface area (Å²) < 4.78 is 0. The molecule has 132 valence electrons. The number of anilines is 1. The number of halogens is 1. The number of fused-ring (bicyclic) bond motifs is 1. The van der Waals surface area contributed by atoms with Crippen LogP contribution in [-0.4, -0.2) is 27.5 Å². The first kappa shape index (κ1) is 16.8. The summed E-state index contributed by atoms with van der Waals surface area (Å²) in [6.45, 7) is 2.62. The Bertz CT molecular complexity index is 923. The normalized spacial score (nSPS) is 14.0. The van der Waals surface area contributed by atoms with Crippen LogP contribution in [-0.2, 0) is 19.5 Å². The maximum atomic E-state index is 12.5. The number of hydrogen-bond donors (Lipinski definition) is 2. The molecule has 2 aromatic carbocycles. The molecule has 0 bridgehead atoms. The Kier molecular flexibility index (Phi) is 4.73. The second-order valence-electron chi connectivity index (χ2n) is 6.41. The zero-order valence-electron chi connectivity index (χ0n) is 14.2. The predicted molar refractivity (Wildman–Crippen MR) is 102 cm³/mol. The van der Waals surface area contributed by atoms with E-state index in [1.165, 1.54) is 5.56 Å². The molecule has 0 atom stereocenters. The van der Waals surface area contributed by atoms with Gasteiger partial charge in [-0.2, -0.15) is 5.10 Å². The Hall–Kier alpha value is -2.63. The Morgan fingerprint density at radius 3 is 2.73 bits per heavy atom. The predicted octanol–water partition coefficient (Wildman–Crippen LogP) is 3.87. The Balaban J connectivity index is 1.46. The molecule has 1 aliphatic rings. The summed E-state index contributed by atoms with van der Waals surface area (Å²) in [7, 11) is 0. The molecule has 1 aliphatic heterocycles. The first-order chi connectivity index (χ1) is 12.7. The van der Waals surface area contributed by atoms with Gasteiger partial charge in [0, 0.05) is 25.2 Å². The minimum absolute atomic E-state index is 0.239. The molecule has 26 heavy (non-hydrogen) atoms. The lowest BCUT2D eigenvalue weighted by Gasteiger charge is -2.26. The van der Waals surface area contributed by atoms with Crippen molar-refractivity contribution in [1.29, 1.82) is 0 Å². The molecule has 0 saturated carbocycles. The third kappa shape index (κ3) is 3.49. The van der Waals surface area contributed by atoms with Crippen LogP contribution in [0.2, 0.25) is 5.02 Å². The van der Waals surface area contributed by atoms with Crippen molar-refractivity contribution >= 4 is 23.3 Å². The molecule has 0 aliphatic carbocycles. The summed E-state index contributed by atoms with van der Waals surface area (Å²) in [4.78, 5) is 14.8. The molecular weight excluding hydrogens is 348 g/mol. The van der Waals surface area contributed by atoms with Crippen LogP contribution in [0.4, 0.5) is 5.82 Å². The van der Waals surface area contributed by atoms with Gasteiger partial charge in [-0.15, -0.1) is 0 Å². The van der Waals surface area contributed by atoms with Crippen molar-refractivity contribution in [3.8, 4) is 0 Å². The van der Waals surface area contributed by atoms with Crippen LogP contribution < -0.4 is 5.32 Å². The zero-order valence-corrected chi connectivity index (χ0v) is 15.0. The standard InChI is InChI=1S/C20H19ClN4O/c21-17-9-5-4-8-15(17)20(26)22-19-16-10-11-25(13-18(16)23-24-19)12-14-6-2-1-3-7-14/h1-9H,10-13H2,(H2,22,23,24,26). The van der Waals surface area contributed by atoms with Gasteiger partial charge in [0.25, 0.3) is 5.91 Å². The highest BCUT2D eigenvalue weighted by Crippen LogP contribution is 2.25. The number of amides is 1. The first-order valence-corrected chi connectivity index (χ1v) is 8.97. The highest BCUT2D eigenvalue weighted by atomic mass is 35.5. The fourth-order valence-corrected chi connectivity index (χ4v) is 3.50. The fraction of sp³-hybridized carbons (Fsp3) is 0.200. The summed E-state index contributed by atoms with van der Waals surface area (Å²) in [5.74, 6) is 0.362. The number of rotatable bonds is 4. The summed E-state index contributed by atoms with van der Waals surface area (Å²) in [5.41, 5.74) is 3.88. The molecule has 1 aromatic heterocycles. The molecule has 5 nitrogen and oxygen atoms in total. The lowest BCUT2D eigenvalue weighted by molar-refractivity contribution is 0.102. The van der Waals surface area contributed by atoms with Gasteiger partial charge in [0.15, 0.2) is 5.82 Å². The van der Waals surface area contributed by atoms with Gasteiger partial charge in [-0.1, -0.05) is 54.1 Å². The highest BCUT2D eigenvalue weighted by Gasteiger charge is 2.23. The minimum Gasteiger partial charge on any atom is -0.305 e. The van der Waals surface area contributed by atoms with Gasteiger partial charge in [-0.3, -0.25) is 14.8 Å². The fourth-order valence-electron chi connectivity index (χ4n) is 3.27. The zero-order chi connectivity index (χ0) is 17.9. The largest absolute Gasteiger partial charge is 0.305 e. The van der Waals surface area contributed by atoms with Crippen LogP contribution in [0, 0.1) is 0 Å². The Labute approximate surface area is 157 Å². The van der Waals surface area contributed by atoms with Crippen molar-refractivity contribution < 1.29 is 4.79 Å². The molecule has 0 saturated heterocycles. The molecule has 4 rings (SSSR count). The van der Waals surface area contributed by atoms with Crippen LogP contribution in [0.5, 0.6) is 0 Å². The molecule has 3 aromatic rings. The maximum absolute atomic E-state index is 12.5. The smallest absolute Gasteiger partial charge is 0.258 e. The number of aromatic nitrogens is 2. The molecule has 0 spiro atoms. The Morgan fingerprint density at radius 1 is 1.15 bits per heavy atom. The van der Waals surface area contributed by atoms with Crippen LogP contribution in [0.1, 0.15) is 27.2 Å². The average molecular weight is 367 g/mol. The van der Waals surface area contributed by atoms with E-state index >= 15 is 0 Å². The van der Waals surface area contributed by atoms with E-state index in [0.717, 1.165) is 37.3 Å². The third-order valence-electron chi connectivity index (χ3n) is 4.61. The second kappa shape index (κ2) is 7.32. The molecule has 2 heterocycles. The van der Waals surface area contributed by atoms with Crippen molar-refractivity contribution in [2.24, 2.45) is 0 Å². The van der Waals surface area contributed by atoms with Gasteiger partial charge < -0.3 is 5.32 Å². The number of carbonyl (C=O) groups is 1. The number of hydrogen-bond acceptors (Lipinski definition) is 3. The van der Waals surface area contributed by atoms with Gasteiger partial charge >= 0.3 is 0 Å². The molecule has 2 N–H and O–H groups in total. The van der Waals surface area contributed by atoms with E-state index in [0.29, 0.717) is 16.4 Å². The van der Waals surface area contributed by atoms with E-state index in [9.17, 15) is 4.79 Å². The van der Waals surface area contributed by atoms with E-state index in [1.807, 2.05) is 6.07 Å². The maximum Gasteiger partial charge on any atom is 0.258 e. The molecule has 6 heteroatoms. The minimum atomic E-state index is -0.239. The topological polar surface area (TPSA) is 61.0 Å². The van der Waals surface area contributed by atoms with Crippen molar-refractivity contribution in [3.05, 3.63) is 82.0 Å². The average Bonchev–Trinajstić information content (AvgIpc) is 3.05. The van der Waals surface area contributed by atoms with Crippen LogP contribution >= 0.6 is 11.6 Å². The number of carbonyl (C=O) groups excluding carboxylic acids is 1. The van der Waals surface area contributed by atoms with Gasteiger partial charge in [0.1, 0.15) is 0 Å². The molecular formula is C20H19ClN4O. The second-order valence-corrected chi connectivity index (χ2v) is 6.82. The summed E-state index contributed by atoms with van der Waals surface area (Å²) in [6.07, 6.45) is 0.844. The number of aromatic amines is 1. The SMILES string of the molecule is O=C(Nc1n[nH]c2c1CCN(Cc1ccccc1)C2)c1ccccc1Cl. The van der Waals surface area contributed by atoms with Gasteiger partial charge in [0.05, 0.1) is 16.3 Å². The van der Waals surface area contributed by atoms with Crippen molar-refractivity contribution in [2.45, 2.75) is 19.5 Å². The van der Waals surface area contributed by atoms with Crippen molar-refractivity contribution in [3.63, 3.8) is 0 Å². The number of nitrogens with one attached hydrogen (secondary N) is 2. The molecule has 0 unspecified atom stereocenters.